The maximum atomic E-state index is 7.71. The maximum absolute atomic E-state index is 7.71. The van der Waals surface area contributed by atoms with E-state index in [1.165, 1.54) is 18.5 Å². The molecule has 20 heavy (non-hydrogen) atoms. The summed E-state index contributed by atoms with van der Waals surface area (Å²) in [6, 6.07) is 12.7. The summed E-state index contributed by atoms with van der Waals surface area (Å²) < 4.78 is 0. The second kappa shape index (κ2) is 5.95. The second-order valence-electron chi connectivity index (χ2n) is 5.34. The Morgan fingerprint density at radius 2 is 1.85 bits per heavy atom. The largest absolute Gasteiger partial charge is 0.384 e. The van der Waals surface area contributed by atoms with Gasteiger partial charge in [0.05, 0.1) is 0 Å². The molecular weight excluding hydrogens is 246 g/mol. The molecule has 3 nitrogen and oxygen atoms in total. The van der Waals surface area contributed by atoms with E-state index < -0.39 is 0 Å². The molecule has 0 aromatic heterocycles. The number of anilines is 1. The van der Waals surface area contributed by atoms with E-state index in [2.05, 4.69) is 37.9 Å². The van der Waals surface area contributed by atoms with E-state index in [1.807, 2.05) is 24.3 Å². The fourth-order valence-corrected chi connectivity index (χ4v) is 2.67. The lowest BCUT2D eigenvalue weighted by Crippen LogP contribution is -2.28. The van der Waals surface area contributed by atoms with Crippen molar-refractivity contribution >= 4 is 22.3 Å². The zero-order chi connectivity index (χ0) is 14.7. The number of hydrogen-bond donors (Lipinski definition) is 2. The van der Waals surface area contributed by atoms with Gasteiger partial charge in [-0.3, -0.25) is 5.41 Å². The molecule has 0 amide bonds. The molecule has 3 heteroatoms. The molecule has 0 radical (unpaired) electrons. The first-order chi connectivity index (χ1) is 9.56. The lowest BCUT2D eigenvalue weighted by Gasteiger charge is -2.28. The van der Waals surface area contributed by atoms with Gasteiger partial charge in [0.25, 0.3) is 0 Å². The molecule has 1 atom stereocenters. The van der Waals surface area contributed by atoms with Crippen LogP contribution in [0.2, 0.25) is 0 Å². The van der Waals surface area contributed by atoms with Gasteiger partial charge >= 0.3 is 0 Å². The smallest absolute Gasteiger partial charge is 0.123 e. The van der Waals surface area contributed by atoms with Gasteiger partial charge in [0, 0.05) is 29.7 Å². The highest BCUT2D eigenvalue weighted by Gasteiger charge is 2.14. The summed E-state index contributed by atoms with van der Waals surface area (Å²) in [5.74, 6) is 0.122. The number of nitrogens with one attached hydrogen (secondary N) is 1. The third-order valence-electron chi connectivity index (χ3n) is 3.94. The number of rotatable bonds is 5. The Labute approximate surface area is 120 Å². The molecule has 0 saturated heterocycles. The molecular formula is C17H23N3. The molecule has 3 N–H and O–H groups in total. The highest BCUT2D eigenvalue weighted by Crippen LogP contribution is 2.30. The Hall–Kier alpha value is -2.03. The number of nitrogens with zero attached hydrogens (tertiary/aromatic N) is 1. The number of nitrogen functional groups attached to an aromatic ring is 1. The second-order valence-corrected chi connectivity index (χ2v) is 5.34. The van der Waals surface area contributed by atoms with Crippen LogP contribution >= 0.6 is 0 Å². The number of fused-ring (bicyclic) bond motifs is 1. The number of amidine groups is 1. The fraction of sp³-hybridized carbons (Fsp3) is 0.353. The molecule has 0 saturated carbocycles. The minimum absolute atomic E-state index is 0.122. The van der Waals surface area contributed by atoms with Gasteiger partial charge in [-0.1, -0.05) is 37.6 Å². The Morgan fingerprint density at radius 3 is 2.45 bits per heavy atom. The van der Waals surface area contributed by atoms with Crippen molar-refractivity contribution in [3.05, 3.63) is 42.0 Å². The van der Waals surface area contributed by atoms with Crippen LogP contribution in [0.1, 0.15) is 32.3 Å². The van der Waals surface area contributed by atoms with Crippen LogP contribution in [-0.2, 0) is 0 Å². The minimum atomic E-state index is 0.122. The summed E-state index contributed by atoms with van der Waals surface area (Å²) in [6.07, 6.45) is 2.34. The quantitative estimate of drug-likeness (QED) is 0.641. The van der Waals surface area contributed by atoms with E-state index in [-0.39, 0.29) is 5.84 Å². The fourth-order valence-electron chi connectivity index (χ4n) is 2.67. The molecule has 1 unspecified atom stereocenters. The minimum Gasteiger partial charge on any atom is -0.384 e. The van der Waals surface area contributed by atoms with Crippen LogP contribution in [0.25, 0.3) is 10.8 Å². The van der Waals surface area contributed by atoms with E-state index in [4.69, 9.17) is 11.1 Å². The summed E-state index contributed by atoms with van der Waals surface area (Å²) in [6.45, 7) is 4.46. The summed E-state index contributed by atoms with van der Waals surface area (Å²) in [5, 5.41) is 9.92. The standard InChI is InChI=1S/C17H23N3/c1-4-7-12(2)20(3)16-11-10-15(17(18)19)13-8-5-6-9-14(13)16/h5-6,8-12H,4,7H2,1-3H3,(H3,18,19). The highest BCUT2D eigenvalue weighted by atomic mass is 15.1. The monoisotopic (exact) mass is 269 g/mol. The van der Waals surface area contributed by atoms with Crippen LogP contribution in [0.5, 0.6) is 0 Å². The number of nitrogens with two attached hydrogens (primary N) is 1. The predicted octanol–water partition coefficient (Wildman–Crippen LogP) is 3.75. The van der Waals surface area contributed by atoms with Crippen molar-refractivity contribution in [2.24, 2.45) is 5.73 Å². The van der Waals surface area contributed by atoms with Crippen LogP contribution in [0.4, 0.5) is 5.69 Å². The summed E-state index contributed by atoms with van der Waals surface area (Å²) in [4.78, 5) is 2.32. The number of hydrogen-bond acceptors (Lipinski definition) is 2. The predicted molar refractivity (Wildman–Crippen MR) is 87.7 cm³/mol. The van der Waals surface area contributed by atoms with Gasteiger partial charge in [0.15, 0.2) is 0 Å². The lowest BCUT2D eigenvalue weighted by molar-refractivity contribution is 0.617. The third-order valence-corrected chi connectivity index (χ3v) is 3.94. The molecule has 0 aliphatic carbocycles. The van der Waals surface area contributed by atoms with E-state index in [0.29, 0.717) is 6.04 Å². The van der Waals surface area contributed by atoms with Crippen LogP contribution in [0, 0.1) is 5.41 Å². The lowest BCUT2D eigenvalue weighted by atomic mass is 10.0. The molecule has 0 fully saturated rings. The van der Waals surface area contributed by atoms with Crippen LogP contribution in [0.3, 0.4) is 0 Å². The Bertz CT molecular complexity index is 619. The van der Waals surface area contributed by atoms with Gasteiger partial charge in [0.1, 0.15) is 5.84 Å². The third kappa shape index (κ3) is 2.62. The molecule has 0 aliphatic rings. The first kappa shape index (κ1) is 14.4. The zero-order valence-corrected chi connectivity index (χ0v) is 12.5. The van der Waals surface area contributed by atoms with E-state index in [0.717, 1.165) is 16.3 Å². The average molecular weight is 269 g/mol. The highest BCUT2D eigenvalue weighted by molar-refractivity contribution is 6.10. The van der Waals surface area contributed by atoms with Crippen LogP contribution in [-0.4, -0.2) is 18.9 Å². The van der Waals surface area contributed by atoms with Crippen LogP contribution in [0.15, 0.2) is 36.4 Å². The van der Waals surface area contributed by atoms with Gasteiger partial charge in [0.2, 0.25) is 0 Å². The first-order valence-corrected chi connectivity index (χ1v) is 7.15. The normalized spacial score (nSPS) is 12.3. The molecule has 0 spiro atoms. The van der Waals surface area contributed by atoms with Crippen molar-refractivity contribution in [1.82, 2.24) is 0 Å². The van der Waals surface area contributed by atoms with Crippen molar-refractivity contribution in [1.29, 1.82) is 5.41 Å². The van der Waals surface area contributed by atoms with Crippen molar-refractivity contribution < 1.29 is 0 Å². The average Bonchev–Trinajstić information content (AvgIpc) is 2.45. The Kier molecular flexibility index (Phi) is 4.28. The van der Waals surface area contributed by atoms with E-state index >= 15 is 0 Å². The van der Waals surface area contributed by atoms with E-state index in [9.17, 15) is 0 Å². The molecule has 2 rings (SSSR count). The van der Waals surface area contributed by atoms with E-state index in [1.54, 1.807) is 0 Å². The zero-order valence-electron chi connectivity index (χ0n) is 12.5. The number of benzene rings is 2. The van der Waals surface area contributed by atoms with Crippen molar-refractivity contribution in [2.75, 3.05) is 11.9 Å². The molecule has 106 valence electrons. The van der Waals surface area contributed by atoms with Crippen LogP contribution < -0.4 is 10.6 Å². The van der Waals surface area contributed by atoms with Gasteiger partial charge < -0.3 is 10.6 Å². The van der Waals surface area contributed by atoms with Gasteiger partial charge in [-0.15, -0.1) is 0 Å². The van der Waals surface area contributed by atoms with Gasteiger partial charge in [-0.05, 0) is 30.9 Å². The molecule has 0 aliphatic heterocycles. The molecule has 0 heterocycles. The SMILES string of the molecule is CCCC(C)N(C)c1ccc(C(=N)N)c2ccccc12. The summed E-state index contributed by atoms with van der Waals surface area (Å²) in [5.41, 5.74) is 7.69. The first-order valence-electron chi connectivity index (χ1n) is 7.15. The molecule has 0 bridgehead atoms. The van der Waals surface area contributed by atoms with Crippen molar-refractivity contribution in [3.8, 4) is 0 Å². The maximum Gasteiger partial charge on any atom is 0.123 e. The van der Waals surface area contributed by atoms with Gasteiger partial charge in [-0.2, -0.15) is 0 Å². The Morgan fingerprint density at radius 1 is 1.20 bits per heavy atom. The molecule has 2 aromatic rings. The summed E-state index contributed by atoms with van der Waals surface area (Å²) >= 11 is 0. The van der Waals surface area contributed by atoms with Gasteiger partial charge in [-0.25, -0.2) is 0 Å². The Balaban J connectivity index is 2.56. The van der Waals surface area contributed by atoms with Crippen molar-refractivity contribution in [3.63, 3.8) is 0 Å². The van der Waals surface area contributed by atoms with Crippen molar-refractivity contribution in [2.45, 2.75) is 32.7 Å². The topological polar surface area (TPSA) is 53.1 Å². The summed E-state index contributed by atoms with van der Waals surface area (Å²) in [7, 11) is 2.13. The molecule has 2 aromatic carbocycles.